The third-order valence-electron chi connectivity index (χ3n) is 1.20. The summed E-state index contributed by atoms with van der Waals surface area (Å²) in [6.07, 6.45) is 0. The Morgan fingerprint density at radius 1 is 1.86 bits per heavy atom. The van der Waals surface area contributed by atoms with Crippen LogP contribution in [0.2, 0.25) is 0 Å². The molecule has 0 amide bonds. The normalized spacial score (nSPS) is 21.9. The van der Waals surface area contributed by atoms with Crippen LogP contribution in [0.5, 0.6) is 0 Å². The molecule has 0 saturated carbocycles. The predicted octanol–water partition coefficient (Wildman–Crippen LogP) is 0.0982. The second-order valence-electron chi connectivity index (χ2n) is 1.96. The number of hydrogen-bond donors (Lipinski definition) is 1. The number of ether oxygens (including phenoxy) is 1. The summed E-state index contributed by atoms with van der Waals surface area (Å²) in [5.74, 6) is 0.796. The van der Waals surface area contributed by atoms with Crippen LogP contribution in [0.25, 0.3) is 0 Å². The fourth-order valence-corrected chi connectivity index (χ4v) is 0.691. The van der Waals surface area contributed by atoms with E-state index in [2.05, 4.69) is 5.32 Å². The molecular weight excluding hydrogens is 90.1 g/mol. The molecule has 0 atom stereocenters. The maximum absolute atomic E-state index is 4.95. The van der Waals surface area contributed by atoms with E-state index in [9.17, 15) is 0 Å². The summed E-state index contributed by atoms with van der Waals surface area (Å²) in [7, 11) is 1.97. The molecule has 0 spiro atoms. The van der Waals surface area contributed by atoms with Crippen LogP contribution < -0.4 is 5.32 Å². The SMILES string of the molecule is CNCC1COC1.[HH]. The smallest absolute Gasteiger partial charge is 0.0528 e. The summed E-state index contributed by atoms with van der Waals surface area (Å²) in [5.41, 5.74) is 0. The molecule has 0 unspecified atom stereocenters. The first kappa shape index (κ1) is 5.06. The largest absolute Gasteiger partial charge is 0.381 e. The fourth-order valence-electron chi connectivity index (χ4n) is 0.691. The Kier molecular flexibility index (Phi) is 1.65. The molecular formula is C5H13NO. The first-order chi connectivity index (χ1) is 3.43. The second kappa shape index (κ2) is 2.28. The first-order valence-electron chi connectivity index (χ1n) is 2.66. The first-order valence-corrected chi connectivity index (χ1v) is 2.66. The van der Waals surface area contributed by atoms with Gasteiger partial charge in [-0.1, -0.05) is 0 Å². The fraction of sp³-hybridized carbons (Fsp3) is 1.00. The lowest BCUT2D eigenvalue weighted by molar-refractivity contribution is -0.0298. The van der Waals surface area contributed by atoms with Crippen molar-refractivity contribution in [2.24, 2.45) is 5.92 Å². The van der Waals surface area contributed by atoms with Gasteiger partial charge in [0.15, 0.2) is 0 Å². The van der Waals surface area contributed by atoms with Crippen molar-refractivity contribution in [1.82, 2.24) is 5.32 Å². The van der Waals surface area contributed by atoms with E-state index in [0.29, 0.717) is 0 Å². The quantitative estimate of drug-likeness (QED) is 0.535. The van der Waals surface area contributed by atoms with Gasteiger partial charge in [-0.3, -0.25) is 0 Å². The Hall–Kier alpha value is -0.0800. The minimum atomic E-state index is 0. The van der Waals surface area contributed by atoms with E-state index in [1.165, 1.54) is 0 Å². The second-order valence-corrected chi connectivity index (χ2v) is 1.96. The molecule has 0 aromatic carbocycles. The van der Waals surface area contributed by atoms with Crippen molar-refractivity contribution in [3.63, 3.8) is 0 Å². The van der Waals surface area contributed by atoms with Gasteiger partial charge in [0.05, 0.1) is 13.2 Å². The minimum Gasteiger partial charge on any atom is -0.381 e. The Bertz CT molecular complexity index is 56.4. The Morgan fingerprint density at radius 2 is 2.57 bits per heavy atom. The van der Waals surface area contributed by atoms with Gasteiger partial charge in [-0.15, -0.1) is 0 Å². The lowest BCUT2D eigenvalue weighted by Gasteiger charge is -2.25. The van der Waals surface area contributed by atoms with Gasteiger partial charge in [-0.25, -0.2) is 0 Å². The molecule has 2 nitrogen and oxygen atoms in total. The third-order valence-corrected chi connectivity index (χ3v) is 1.20. The van der Waals surface area contributed by atoms with Crippen molar-refractivity contribution in [3.8, 4) is 0 Å². The van der Waals surface area contributed by atoms with Gasteiger partial charge in [0.2, 0.25) is 0 Å². The molecule has 1 heterocycles. The van der Waals surface area contributed by atoms with Gasteiger partial charge in [0.1, 0.15) is 0 Å². The summed E-state index contributed by atoms with van der Waals surface area (Å²) in [6.45, 7) is 3.03. The maximum Gasteiger partial charge on any atom is 0.0528 e. The Balaban J connectivity index is 0.000000490. The van der Waals surface area contributed by atoms with Crippen LogP contribution in [-0.4, -0.2) is 26.8 Å². The van der Waals surface area contributed by atoms with Crippen molar-refractivity contribution in [2.45, 2.75) is 0 Å². The van der Waals surface area contributed by atoms with Crippen LogP contribution in [0.1, 0.15) is 1.43 Å². The van der Waals surface area contributed by atoms with Gasteiger partial charge in [0, 0.05) is 13.9 Å². The van der Waals surface area contributed by atoms with E-state index in [1.807, 2.05) is 7.05 Å². The topological polar surface area (TPSA) is 21.3 Å². The van der Waals surface area contributed by atoms with E-state index in [0.717, 1.165) is 25.7 Å². The lowest BCUT2D eigenvalue weighted by Crippen LogP contribution is -2.35. The van der Waals surface area contributed by atoms with Crippen molar-refractivity contribution >= 4 is 0 Å². The molecule has 0 radical (unpaired) electrons. The van der Waals surface area contributed by atoms with Gasteiger partial charge in [-0.05, 0) is 7.05 Å². The summed E-state index contributed by atoms with van der Waals surface area (Å²) in [4.78, 5) is 0. The number of hydrogen-bond acceptors (Lipinski definition) is 2. The summed E-state index contributed by atoms with van der Waals surface area (Å²) in [6, 6.07) is 0. The molecule has 0 aromatic rings. The molecule has 0 aromatic heterocycles. The average Bonchev–Trinajstić information content (AvgIpc) is 1.55. The van der Waals surface area contributed by atoms with Crippen LogP contribution in [0, 0.1) is 5.92 Å². The van der Waals surface area contributed by atoms with E-state index in [-0.39, 0.29) is 1.43 Å². The van der Waals surface area contributed by atoms with E-state index in [1.54, 1.807) is 0 Å². The molecule has 1 aliphatic heterocycles. The zero-order valence-electron chi connectivity index (χ0n) is 4.61. The highest BCUT2D eigenvalue weighted by molar-refractivity contribution is 4.65. The van der Waals surface area contributed by atoms with Crippen molar-refractivity contribution in [3.05, 3.63) is 0 Å². The average molecular weight is 103 g/mol. The molecule has 44 valence electrons. The minimum absolute atomic E-state index is 0. The van der Waals surface area contributed by atoms with Crippen molar-refractivity contribution in [2.75, 3.05) is 26.8 Å². The maximum atomic E-state index is 4.95. The van der Waals surface area contributed by atoms with E-state index in [4.69, 9.17) is 4.74 Å². The lowest BCUT2D eigenvalue weighted by atomic mass is 10.1. The molecule has 1 rings (SSSR count). The highest BCUT2D eigenvalue weighted by Crippen LogP contribution is 2.06. The van der Waals surface area contributed by atoms with Crippen molar-refractivity contribution < 1.29 is 6.16 Å². The molecule has 2 heteroatoms. The van der Waals surface area contributed by atoms with Crippen LogP contribution in [0.3, 0.4) is 0 Å². The van der Waals surface area contributed by atoms with Gasteiger partial charge in [0.25, 0.3) is 0 Å². The Labute approximate surface area is 45.3 Å². The molecule has 0 bridgehead atoms. The molecule has 1 fully saturated rings. The summed E-state index contributed by atoms with van der Waals surface area (Å²) < 4.78 is 4.95. The van der Waals surface area contributed by atoms with Gasteiger partial charge >= 0.3 is 0 Å². The third kappa shape index (κ3) is 1.14. The summed E-state index contributed by atoms with van der Waals surface area (Å²) in [5, 5.41) is 3.09. The van der Waals surface area contributed by atoms with Crippen LogP contribution >= 0.6 is 0 Å². The molecule has 1 saturated heterocycles. The zero-order chi connectivity index (χ0) is 5.11. The molecule has 1 aliphatic rings. The van der Waals surface area contributed by atoms with Gasteiger partial charge in [-0.2, -0.15) is 0 Å². The Morgan fingerprint density at radius 3 is 2.71 bits per heavy atom. The molecule has 7 heavy (non-hydrogen) atoms. The van der Waals surface area contributed by atoms with Crippen LogP contribution in [-0.2, 0) is 4.74 Å². The molecule has 0 aliphatic carbocycles. The molecule has 1 N–H and O–H groups in total. The summed E-state index contributed by atoms with van der Waals surface area (Å²) >= 11 is 0. The highest BCUT2D eigenvalue weighted by Gasteiger charge is 2.15. The van der Waals surface area contributed by atoms with Crippen LogP contribution in [0.15, 0.2) is 0 Å². The van der Waals surface area contributed by atoms with Crippen LogP contribution in [0.4, 0.5) is 0 Å². The number of rotatable bonds is 2. The van der Waals surface area contributed by atoms with E-state index >= 15 is 0 Å². The zero-order valence-corrected chi connectivity index (χ0v) is 4.61. The standard InChI is InChI=1S/C5H11NO.H2/c1-6-2-5-3-7-4-5;/h5-6H,2-4H2,1H3;1H. The van der Waals surface area contributed by atoms with Gasteiger partial charge < -0.3 is 10.1 Å². The highest BCUT2D eigenvalue weighted by atomic mass is 16.5. The monoisotopic (exact) mass is 103 g/mol. The predicted molar refractivity (Wildman–Crippen MR) is 30.3 cm³/mol. The van der Waals surface area contributed by atoms with Crippen molar-refractivity contribution in [1.29, 1.82) is 0 Å². The van der Waals surface area contributed by atoms with E-state index < -0.39 is 0 Å². The number of nitrogens with one attached hydrogen (secondary N) is 1.